The lowest BCUT2D eigenvalue weighted by molar-refractivity contribution is -0.131. The van der Waals surface area contributed by atoms with Gasteiger partial charge in [0.2, 0.25) is 11.8 Å². The van der Waals surface area contributed by atoms with Gasteiger partial charge in [0, 0.05) is 0 Å². The van der Waals surface area contributed by atoms with Crippen LogP contribution >= 0.6 is 12.6 Å². The molecule has 0 aliphatic heterocycles. The Labute approximate surface area is 129 Å². The molecule has 1 aliphatic carbocycles. The third kappa shape index (κ3) is 3.69. The first kappa shape index (κ1) is 15.7. The van der Waals surface area contributed by atoms with Gasteiger partial charge < -0.3 is 16.2 Å². The summed E-state index contributed by atoms with van der Waals surface area (Å²) in [6, 6.07) is 6.61. The van der Waals surface area contributed by atoms with Crippen LogP contribution in [0.5, 0.6) is 5.75 Å². The monoisotopic (exact) mass is 308 g/mol. The molecule has 0 heterocycles. The number of phenolic OH excluding ortho intramolecular Hbond substituents is 1. The van der Waals surface area contributed by atoms with E-state index in [1.807, 2.05) is 0 Å². The molecule has 1 fully saturated rings. The first-order chi connectivity index (χ1) is 9.93. The standard InChI is InChI=1S/C15H20N2O3S/c16-14(20)15(7-1-2-8-15)17-13(19)12(21)9-10-3-5-11(18)6-4-10/h3-6,12,18,21H,1-2,7-9H2,(H2,16,20)(H,17,19). The fourth-order valence-electron chi connectivity index (χ4n) is 2.68. The number of thiol groups is 1. The van der Waals surface area contributed by atoms with E-state index < -0.39 is 16.7 Å². The summed E-state index contributed by atoms with van der Waals surface area (Å²) in [6.07, 6.45) is 3.38. The van der Waals surface area contributed by atoms with Gasteiger partial charge in [-0.3, -0.25) is 9.59 Å². The molecule has 114 valence electrons. The number of nitrogens with one attached hydrogen (secondary N) is 1. The number of phenols is 1. The zero-order valence-corrected chi connectivity index (χ0v) is 12.6. The summed E-state index contributed by atoms with van der Waals surface area (Å²) in [7, 11) is 0. The molecule has 6 heteroatoms. The number of hydrogen-bond donors (Lipinski definition) is 4. The zero-order chi connectivity index (χ0) is 15.5. The molecule has 0 bridgehead atoms. The van der Waals surface area contributed by atoms with Crippen molar-refractivity contribution in [2.24, 2.45) is 5.73 Å². The van der Waals surface area contributed by atoms with Gasteiger partial charge in [0.1, 0.15) is 11.3 Å². The summed E-state index contributed by atoms with van der Waals surface area (Å²) in [5.74, 6) is -0.580. The number of hydrogen-bond acceptors (Lipinski definition) is 4. The summed E-state index contributed by atoms with van der Waals surface area (Å²) in [6.45, 7) is 0. The molecule has 1 atom stereocenters. The highest BCUT2D eigenvalue weighted by atomic mass is 32.1. The minimum atomic E-state index is -0.910. The Balaban J connectivity index is 1.99. The normalized spacial score (nSPS) is 18.1. The van der Waals surface area contributed by atoms with Gasteiger partial charge in [0.15, 0.2) is 0 Å². The summed E-state index contributed by atoms with van der Waals surface area (Å²) < 4.78 is 0. The minimum Gasteiger partial charge on any atom is -0.508 e. The van der Waals surface area contributed by atoms with Crippen LogP contribution in [0.1, 0.15) is 31.2 Å². The number of carbonyl (C=O) groups is 2. The fraction of sp³-hybridized carbons (Fsp3) is 0.467. The second-order valence-corrected chi connectivity index (χ2v) is 6.15. The summed E-state index contributed by atoms with van der Waals surface area (Å²) in [5.41, 5.74) is 5.43. The molecule has 2 amide bonds. The number of aromatic hydroxyl groups is 1. The van der Waals surface area contributed by atoms with E-state index in [4.69, 9.17) is 5.73 Å². The van der Waals surface area contributed by atoms with Crippen LogP contribution in [0.2, 0.25) is 0 Å². The molecule has 1 aromatic carbocycles. The fourth-order valence-corrected chi connectivity index (χ4v) is 2.95. The Morgan fingerprint density at radius 1 is 1.29 bits per heavy atom. The van der Waals surface area contributed by atoms with E-state index in [9.17, 15) is 14.7 Å². The largest absolute Gasteiger partial charge is 0.508 e. The van der Waals surface area contributed by atoms with Gasteiger partial charge in [-0.05, 0) is 37.0 Å². The molecule has 1 unspecified atom stereocenters. The summed E-state index contributed by atoms with van der Waals surface area (Å²) in [4.78, 5) is 23.9. The first-order valence-corrected chi connectivity index (χ1v) is 7.52. The molecular weight excluding hydrogens is 288 g/mol. The van der Waals surface area contributed by atoms with E-state index >= 15 is 0 Å². The molecular formula is C15H20N2O3S. The third-order valence-electron chi connectivity index (χ3n) is 3.96. The predicted octanol–water partition coefficient (Wildman–Crippen LogP) is 1.15. The zero-order valence-electron chi connectivity index (χ0n) is 11.7. The van der Waals surface area contributed by atoms with Gasteiger partial charge in [-0.2, -0.15) is 12.6 Å². The van der Waals surface area contributed by atoms with Gasteiger partial charge in [-0.15, -0.1) is 0 Å². The van der Waals surface area contributed by atoms with Crippen LogP contribution in [0.4, 0.5) is 0 Å². The molecule has 0 radical (unpaired) electrons. The van der Waals surface area contributed by atoms with Crippen molar-refractivity contribution in [2.75, 3.05) is 0 Å². The van der Waals surface area contributed by atoms with Crippen molar-refractivity contribution < 1.29 is 14.7 Å². The highest BCUT2D eigenvalue weighted by molar-refractivity contribution is 7.81. The van der Waals surface area contributed by atoms with Crippen molar-refractivity contribution in [3.8, 4) is 5.75 Å². The Bertz CT molecular complexity index is 524. The maximum atomic E-state index is 12.2. The number of amides is 2. The van der Waals surface area contributed by atoms with Crippen LogP contribution in [-0.2, 0) is 16.0 Å². The number of rotatable bonds is 5. The molecule has 4 N–H and O–H groups in total. The van der Waals surface area contributed by atoms with Gasteiger partial charge in [-0.1, -0.05) is 25.0 Å². The Hall–Kier alpha value is -1.69. The Kier molecular flexibility index (Phi) is 4.77. The van der Waals surface area contributed by atoms with Crippen molar-refractivity contribution in [3.05, 3.63) is 29.8 Å². The quantitative estimate of drug-likeness (QED) is 0.615. The van der Waals surface area contributed by atoms with Crippen LogP contribution in [0.15, 0.2) is 24.3 Å². The highest BCUT2D eigenvalue weighted by Gasteiger charge is 2.41. The molecule has 0 aromatic heterocycles. The van der Waals surface area contributed by atoms with Crippen LogP contribution in [0.3, 0.4) is 0 Å². The molecule has 0 saturated heterocycles. The lowest BCUT2D eigenvalue weighted by Gasteiger charge is -2.28. The van der Waals surface area contributed by atoms with Crippen molar-refractivity contribution in [3.63, 3.8) is 0 Å². The smallest absolute Gasteiger partial charge is 0.243 e. The van der Waals surface area contributed by atoms with Crippen LogP contribution < -0.4 is 11.1 Å². The van der Waals surface area contributed by atoms with Crippen molar-refractivity contribution in [1.82, 2.24) is 5.32 Å². The maximum Gasteiger partial charge on any atom is 0.243 e. The molecule has 1 aromatic rings. The minimum absolute atomic E-state index is 0.178. The molecule has 1 saturated carbocycles. The number of nitrogens with two attached hydrogens (primary N) is 1. The first-order valence-electron chi connectivity index (χ1n) is 7.01. The Morgan fingerprint density at radius 2 is 1.86 bits per heavy atom. The van der Waals surface area contributed by atoms with Gasteiger partial charge in [0.25, 0.3) is 0 Å². The second-order valence-electron chi connectivity index (χ2n) is 5.53. The average molecular weight is 308 g/mol. The molecule has 21 heavy (non-hydrogen) atoms. The topological polar surface area (TPSA) is 92.4 Å². The number of carbonyl (C=O) groups excluding carboxylic acids is 2. The summed E-state index contributed by atoms with van der Waals surface area (Å²) >= 11 is 4.31. The SMILES string of the molecule is NC(=O)C1(NC(=O)C(S)Cc2ccc(O)cc2)CCCC1. The van der Waals surface area contributed by atoms with Gasteiger partial charge in [-0.25, -0.2) is 0 Å². The molecule has 5 nitrogen and oxygen atoms in total. The van der Waals surface area contributed by atoms with Gasteiger partial charge in [0.05, 0.1) is 5.25 Å². The van der Waals surface area contributed by atoms with E-state index in [0.29, 0.717) is 19.3 Å². The lowest BCUT2D eigenvalue weighted by atomic mass is 9.96. The van der Waals surface area contributed by atoms with Crippen LogP contribution in [0.25, 0.3) is 0 Å². The van der Waals surface area contributed by atoms with Crippen molar-refractivity contribution >= 4 is 24.4 Å². The number of benzene rings is 1. The van der Waals surface area contributed by atoms with Crippen molar-refractivity contribution in [2.45, 2.75) is 42.9 Å². The maximum absolute atomic E-state index is 12.2. The summed E-state index contributed by atoms with van der Waals surface area (Å²) in [5, 5.41) is 11.5. The predicted molar refractivity (Wildman–Crippen MR) is 83.1 cm³/mol. The molecule has 1 aliphatic rings. The van der Waals surface area contributed by atoms with E-state index in [2.05, 4.69) is 17.9 Å². The van der Waals surface area contributed by atoms with Gasteiger partial charge >= 0.3 is 0 Å². The van der Waals surface area contributed by atoms with E-state index in [0.717, 1.165) is 18.4 Å². The van der Waals surface area contributed by atoms with Crippen LogP contribution in [0, 0.1) is 0 Å². The van der Waals surface area contributed by atoms with E-state index in [-0.39, 0.29) is 11.7 Å². The second kappa shape index (κ2) is 6.39. The van der Waals surface area contributed by atoms with Crippen molar-refractivity contribution in [1.29, 1.82) is 0 Å². The lowest BCUT2D eigenvalue weighted by Crippen LogP contribution is -2.57. The Morgan fingerprint density at radius 3 is 2.38 bits per heavy atom. The van der Waals surface area contributed by atoms with Crippen LogP contribution in [-0.4, -0.2) is 27.7 Å². The number of primary amides is 1. The third-order valence-corrected chi connectivity index (χ3v) is 4.38. The van der Waals surface area contributed by atoms with E-state index in [1.165, 1.54) is 0 Å². The van der Waals surface area contributed by atoms with E-state index in [1.54, 1.807) is 24.3 Å². The highest BCUT2D eigenvalue weighted by Crippen LogP contribution is 2.29. The molecule has 2 rings (SSSR count). The molecule has 0 spiro atoms. The average Bonchev–Trinajstić information content (AvgIpc) is 2.91.